The first kappa shape index (κ1) is 34.1. The molecule has 0 unspecified atom stereocenters. The maximum atomic E-state index is 4.56. The Hall–Kier alpha value is -6.95. The number of hydrogen-bond acceptors (Lipinski definition) is 3. The first-order chi connectivity index (χ1) is 29.3. The summed E-state index contributed by atoms with van der Waals surface area (Å²) < 4.78 is 5.07. The summed E-state index contributed by atoms with van der Waals surface area (Å²) in [5, 5.41) is 4.84. The van der Waals surface area contributed by atoms with Crippen molar-refractivity contribution in [1.82, 2.24) is 19.4 Å². The van der Waals surface area contributed by atoms with Crippen LogP contribution in [0, 0.1) is 0 Å². The summed E-state index contributed by atoms with van der Waals surface area (Å²) in [7, 11) is 0. The first-order valence-electron chi connectivity index (χ1n) is 21.1. The minimum atomic E-state index is 0.859. The molecule has 0 spiro atoms. The Morgan fingerprint density at radius 2 is 1.32 bits per heavy atom. The van der Waals surface area contributed by atoms with Gasteiger partial charge in [0.15, 0.2) is 0 Å². The van der Waals surface area contributed by atoms with E-state index in [-0.39, 0.29) is 0 Å². The second kappa shape index (κ2) is 13.9. The molecule has 5 heterocycles. The van der Waals surface area contributed by atoms with Crippen LogP contribution in [0.1, 0.15) is 47.3 Å². The number of nitrogens with one attached hydrogen (secondary N) is 1. The van der Waals surface area contributed by atoms with Crippen LogP contribution in [0.3, 0.4) is 0 Å². The molecular weight excluding hydrogens is 719 g/mol. The minimum absolute atomic E-state index is 0.859. The van der Waals surface area contributed by atoms with Crippen molar-refractivity contribution in [2.24, 2.45) is 0 Å². The molecule has 2 aliphatic heterocycles. The third kappa shape index (κ3) is 5.46. The van der Waals surface area contributed by atoms with Gasteiger partial charge in [0.05, 0.1) is 16.9 Å². The summed E-state index contributed by atoms with van der Waals surface area (Å²) in [5.74, 6) is 0. The molecule has 59 heavy (non-hydrogen) atoms. The molecule has 1 N–H and O–H groups in total. The fraction of sp³-hybridized carbons (Fsp3) is 0.130. The van der Waals surface area contributed by atoms with Gasteiger partial charge < -0.3 is 19.4 Å². The van der Waals surface area contributed by atoms with Gasteiger partial charge in [-0.3, -0.25) is 4.98 Å². The number of fused-ring (bicyclic) bond motifs is 9. The van der Waals surface area contributed by atoms with Crippen LogP contribution >= 0.6 is 0 Å². The number of para-hydroxylation sites is 2. The van der Waals surface area contributed by atoms with Gasteiger partial charge in [0.1, 0.15) is 0 Å². The van der Waals surface area contributed by atoms with E-state index < -0.39 is 0 Å². The highest BCUT2D eigenvalue weighted by atomic mass is 15.2. The number of anilines is 2. The topological polar surface area (TPSA) is 38.0 Å². The van der Waals surface area contributed by atoms with Gasteiger partial charge >= 0.3 is 0 Å². The van der Waals surface area contributed by atoms with Crippen LogP contribution in [-0.2, 0) is 19.4 Å². The molecule has 0 radical (unpaired) electrons. The van der Waals surface area contributed by atoms with E-state index in [0.29, 0.717) is 0 Å². The maximum Gasteiger partial charge on any atom is 0.0634 e. The van der Waals surface area contributed by atoms with E-state index in [4.69, 9.17) is 0 Å². The van der Waals surface area contributed by atoms with Crippen molar-refractivity contribution in [2.75, 3.05) is 11.4 Å². The number of allylic oxidation sites excluding steroid dienone is 4. The Morgan fingerprint density at radius 1 is 0.576 bits per heavy atom. The lowest BCUT2D eigenvalue weighted by molar-refractivity contribution is 0.631. The van der Waals surface area contributed by atoms with Crippen LogP contribution in [-0.4, -0.2) is 20.7 Å². The average Bonchev–Trinajstić information content (AvgIpc) is 3.79. The molecule has 5 heteroatoms. The van der Waals surface area contributed by atoms with Crippen LogP contribution in [0.15, 0.2) is 170 Å². The summed E-state index contributed by atoms with van der Waals surface area (Å²) in [5.41, 5.74) is 22.9. The number of aromatic nitrogens is 3. The zero-order valence-corrected chi connectivity index (χ0v) is 32.9. The maximum absolute atomic E-state index is 4.56. The smallest absolute Gasteiger partial charge is 0.0634 e. The number of hydrogen-bond donors (Lipinski definition) is 1. The van der Waals surface area contributed by atoms with Crippen molar-refractivity contribution in [3.63, 3.8) is 0 Å². The fourth-order valence-electron chi connectivity index (χ4n) is 10.3. The van der Waals surface area contributed by atoms with Crippen LogP contribution < -0.4 is 10.2 Å². The molecule has 2 aliphatic carbocycles. The molecule has 5 aromatic carbocycles. The predicted octanol–water partition coefficient (Wildman–Crippen LogP) is 12.6. The third-order valence-corrected chi connectivity index (χ3v) is 12.8. The monoisotopic (exact) mass is 761 g/mol. The quantitative estimate of drug-likeness (QED) is 0.190. The number of rotatable bonds is 5. The fourth-order valence-corrected chi connectivity index (χ4v) is 10.3. The standard InChI is InChI=1S/C54H43N5/c1-3-14-36(15-4-1)38-30-39(33-42(32-38)58-51-26-28-55-34-46(51)47-35-56-29-27-52(47)58)37-16-13-19-41(31-37)57-48-23-10-7-20-43(48)53-44-21-8-11-24-49(44)59(40-17-5-2-6-18-40)54(53)45-22-9-12-25-50(45)57/h1-6,8-10,12-19,21-23,25-26,28,30-34,56H,7,11,20,24,27,29,35H2. The summed E-state index contributed by atoms with van der Waals surface area (Å²) in [6, 6.07) is 49.4. The zero-order chi connectivity index (χ0) is 38.9. The van der Waals surface area contributed by atoms with E-state index in [9.17, 15) is 0 Å². The highest BCUT2D eigenvalue weighted by Gasteiger charge is 2.35. The summed E-state index contributed by atoms with van der Waals surface area (Å²) in [4.78, 5) is 7.09. The Labute approximate surface area is 344 Å². The number of pyridine rings is 1. The van der Waals surface area contributed by atoms with E-state index in [1.165, 1.54) is 101 Å². The molecule has 0 saturated carbocycles. The van der Waals surface area contributed by atoms with Crippen LogP contribution in [0.2, 0.25) is 0 Å². The van der Waals surface area contributed by atoms with Gasteiger partial charge in [0.2, 0.25) is 0 Å². The molecule has 0 saturated heterocycles. The highest BCUT2D eigenvalue weighted by molar-refractivity contribution is 6.01. The Balaban J connectivity index is 1.07. The van der Waals surface area contributed by atoms with E-state index in [0.717, 1.165) is 50.9 Å². The Bertz CT molecular complexity index is 3050. The zero-order valence-electron chi connectivity index (χ0n) is 32.9. The predicted molar refractivity (Wildman–Crippen MR) is 243 cm³/mol. The second-order valence-electron chi connectivity index (χ2n) is 16.1. The molecule has 0 amide bonds. The van der Waals surface area contributed by atoms with Crippen molar-refractivity contribution in [2.45, 2.75) is 38.6 Å². The lowest BCUT2D eigenvalue weighted by atomic mass is 9.89. The van der Waals surface area contributed by atoms with Crippen molar-refractivity contribution in [3.05, 3.63) is 198 Å². The molecule has 0 atom stereocenters. The SMILES string of the molecule is C1=CC2=C(CC1)c1c3c(n(-c4ccccc4)c1-c1ccccc1N2c1cccc(-c2cc(-c4ccccc4)cc(-n4c5c(c6cnccc64)CNCC5)c2)c1)CCC=C3. The molecule has 4 aliphatic rings. The second-order valence-corrected chi connectivity index (χ2v) is 16.1. The molecular formula is C54H43N5. The lowest BCUT2D eigenvalue weighted by Crippen LogP contribution is -2.24. The first-order valence-corrected chi connectivity index (χ1v) is 21.1. The van der Waals surface area contributed by atoms with E-state index >= 15 is 0 Å². The molecule has 0 fully saturated rings. The van der Waals surface area contributed by atoms with E-state index in [2.05, 4.69) is 182 Å². The highest BCUT2D eigenvalue weighted by Crippen LogP contribution is 2.52. The van der Waals surface area contributed by atoms with Crippen LogP contribution in [0.25, 0.3) is 67.4 Å². The van der Waals surface area contributed by atoms with Crippen LogP contribution in [0.5, 0.6) is 0 Å². The summed E-state index contributed by atoms with van der Waals surface area (Å²) in [6.45, 7) is 1.82. The lowest BCUT2D eigenvalue weighted by Gasteiger charge is -2.30. The molecule has 5 nitrogen and oxygen atoms in total. The Kier molecular flexibility index (Phi) is 8.02. The van der Waals surface area contributed by atoms with Crippen molar-refractivity contribution >= 4 is 33.9 Å². The van der Waals surface area contributed by atoms with Gasteiger partial charge in [-0.25, -0.2) is 0 Å². The van der Waals surface area contributed by atoms with Gasteiger partial charge in [-0.2, -0.15) is 0 Å². The average molecular weight is 762 g/mol. The summed E-state index contributed by atoms with van der Waals surface area (Å²) in [6.07, 6.45) is 18.5. The van der Waals surface area contributed by atoms with Gasteiger partial charge in [0, 0.05) is 88.1 Å². The van der Waals surface area contributed by atoms with Crippen LogP contribution in [0.4, 0.5) is 11.4 Å². The third-order valence-electron chi connectivity index (χ3n) is 12.8. The molecule has 8 aromatic rings. The molecule has 0 bridgehead atoms. The Morgan fingerprint density at radius 3 is 2.22 bits per heavy atom. The summed E-state index contributed by atoms with van der Waals surface area (Å²) >= 11 is 0. The van der Waals surface area contributed by atoms with E-state index in [1.54, 1.807) is 0 Å². The van der Waals surface area contributed by atoms with E-state index in [1.807, 2.05) is 12.4 Å². The van der Waals surface area contributed by atoms with Gasteiger partial charge in [-0.1, -0.05) is 97.1 Å². The minimum Gasteiger partial charge on any atom is -0.313 e. The van der Waals surface area contributed by atoms with Crippen molar-refractivity contribution in [1.29, 1.82) is 0 Å². The molecule has 12 rings (SSSR count). The molecule has 3 aromatic heterocycles. The van der Waals surface area contributed by atoms with Gasteiger partial charge in [0.25, 0.3) is 0 Å². The molecule has 284 valence electrons. The number of benzene rings is 5. The normalized spacial score (nSPS) is 15.4. The number of nitrogens with zero attached hydrogens (tertiary/aromatic N) is 4. The van der Waals surface area contributed by atoms with Gasteiger partial charge in [-0.05, 0) is 120 Å². The largest absolute Gasteiger partial charge is 0.313 e. The van der Waals surface area contributed by atoms with Crippen molar-refractivity contribution in [3.8, 4) is 44.9 Å². The van der Waals surface area contributed by atoms with Gasteiger partial charge in [-0.15, -0.1) is 0 Å². The van der Waals surface area contributed by atoms with Crippen molar-refractivity contribution < 1.29 is 0 Å².